The lowest BCUT2D eigenvalue weighted by Crippen LogP contribution is -2.64. The number of rotatable bonds is 4. The number of hydrogen-bond donors (Lipinski definition) is 1. The molecule has 2 nitrogen and oxygen atoms in total. The molecule has 1 aromatic heterocycles. The van der Waals surface area contributed by atoms with E-state index in [-0.39, 0.29) is 16.5 Å². The van der Waals surface area contributed by atoms with E-state index in [1.54, 1.807) is 11.3 Å². The van der Waals surface area contributed by atoms with E-state index in [9.17, 15) is 5.11 Å². The van der Waals surface area contributed by atoms with Crippen LogP contribution in [-0.2, 0) is 5.60 Å². The molecule has 23 heavy (non-hydrogen) atoms. The third-order valence-corrected chi connectivity index (χ3v) is 8.24. The minimum Gasteiger partial charge on any atom is -0.384 e. The van der Waals surface area contributed by atoms with E-state index in [1.165, 1.54) is 16.0 Å². The van der Waals surface area contributed by atoms with Gasteiger partial charge in [0, 0.05) is 26.2 Å². The molecule has 0 aromatic carbocycles. The van der Waals surface area contributed by atoms with E-state index >= 15 is 0 Å². The van der Waals surface area contributed by atoms with Crippen molar-refractivity contribution in [2.24, 2.45) is 5.41 Å². The zero-order chi connectivity index (χ0) is 18.6. The van der Waals surface area contributed by atoms with Crippen molar-refractivity contribution in [2.75, 3.05) is 7.05 Å². The van der Waals surface area contributed by atoms with Gasteiger partial charge in [0.2, 0.25) is 0 Å². The van der Waals surface area contributed by atoms with Gasteiger partial charge in [-0.25, -0.2) is 0 Å². The zero-order valence-electron chi connectivity index (χ0n) is 17.3. The maximum absolute atomic E-state index is 11.7. The molecule has 0 fully saturated rings. The molecule has 0 bridgehead atoms. The first-order valence-corrected chi connectivity index (χ1v) is 9.34. The fourth-order valence-electron chi connectivity index (χ4n) is 3.34. The van der Waals surface area contributed by atoms with Gasteiger partial charge in [0.15, 0.2) is 0 Å². The van der Waals surface area contributed by atoms with Crippen molar-refractivity contribution in [1.82, 2.24) is 4.90 Å². The smallest absolute Gasteiger partial charge is 0.103 e. The summed E-state index contributed by atoms with van der Waals surface area (Å²) in [6.07, 6.45) is 0. The average Bonchev–Trinajstić information content (AvgIpc) is 2.64. The summed E-state index contributed by atoms with van der Waals surface area (Å²) in [7, 11) is 2.16. The fraction of sp³-hybridized carbons (Fsp3) is 0.800. The van der Waals surface area contributed by atoms with Crippen molar-refractivity contribution in [1.29, 1.82) is 0 Å². The molecule has 0 aliphatic heterocycles. The van der Waals surface area contributed by atoms with Gasteiger partial charge in [0.05, 0.1) is 0 Å². The van der Waals surface area contributed by atoms with Crippen LogP contribution in [0.5, 0.6) is 0 Å². The van der Waals surface area contributed by atoms with Crippen molar-refractivity contribution in [3.63, 3.8) is 0 Å². The van der Waals surface area contributed by atoms with Gasteiger partial charge >= 0.3 is 0 Å². The van der Waals surface area contributed by atoms with Crippen molar-refractivity contribution in [3.05, 3.63) is 20.9 Å². The third-order valence-electron chi connectivity index (χ3n) is 6.72. The Hall–Kier alpha value is -0.380. The molecule has 0 aliphatic rings. The Morgan fingerprint density at radius 2 is 1.26 bits per heavy atom. The first kappa shape index (κ1) is 20.7. The largest absolute Gasteiger partial charge is 0.384 e. The monoisotopic (exact) mass is 339 g/mol. The summed E-state index contributed by atoms with van der Waals surface area (Å²) < 4.78 is 0. The van der Waals surface area contributed by atoms with E-state index in [0.717, 1.165) is 4.88 Å². The summed E-state index contributed by atoms with van der Waals surface area (Å²) in [6, 6.07) is 0. The lowest BCUT2D eigenvalue weighted by atomic mass is 9.61. The quantitative estimate of drug-likeness (QED) is 0.792. The molecule has 0 amide bonds. The van der Waals surface area contributed by atoms with Gasteiger partial charge in [0.1, 0.15) is 5.60 Å². The normalized spacial score (nSPS) is 16.8. The number of nitrogens with zero attached hydrogens (tertiary/aromatic N) is 1. The van der Waals surface area contributed by atoms with Crippen LogP contribution in [0.25, 0.3) is 0 Å². The lowest BCUT2D eigenvalue weighted by Gasteiger charge is -2.57. The van der Waals surface area contributed by atoms with Gasteiger partial charge in [-0.3, -0.25) is 4.90 Å². The second-order valence-corrected chi connectivity index (χ2v) is 10.4. The highest BCUT2D eigenvalue weighted by Gasteiger charge is 2.55. The van der Waals surface area contributed by atoms with Crippen molar-refractivity contribution < 1.29 is 5.11 Å². The molecule has 0 radical (unpaired) electrons. The Kier molecular flexibility index (Phi) is 5.26. The maximum atomic E-state index is 11.7. The molecular formula is C20H37NOS. The topological polar surface area (TPSA) is 23.5 Å². The number of aryl methyl sites for hydroxylation is 1. The summed E-state index contributed by atoms with van der Waals surface area (Å²) in [5.41, 5.74) is 1.16. The van der Waals surface area contributed by atoms with Crippen LogP contribution < -0.4 is 0 Å². The molecule has 0 spiro atoms. The predicted octanol–water partition coefficient (Wildman–Crippen LogP) is 5.42. The Bertz CT molecular complexity index is 573. The lowest BCUT2D eigenvalue weighted by molar-refractivity contribution is -0.146. The molecule has 0 saturated carbocycles. The number of hydrogen-bond acceptors (Lipinski definition) is 3. The molecule has 1 rings (SSSR count). The molecule has 1 atom stereocenters. The molecule has 1 heterocycles. The van der Waals surface area contributed by atoms with Crippen LogP contribution in [-0.4, -0.2) is 28.1 Å². The summed E-state index contributed by atoms with van der Waals surface area (Å²) in [5, 5.41) is 11.7. The van der Waals surface area contributed by atoms with Crippen molar-refractivity contribution in [2.45, 2.75) is 92.8 Å². The van der Waals surface area contributed by atoms with Gasteiger partial charge < -0.3 is 5.11 Å². The highest BCUT2D eigenvalue weighted by Crippen LogP contribution is 2.52. The van der Waals surface area contributed by atoms with Crippen LogP contribution in [0, 0.1) is 26.2 Å². The molecule has 1 N–H and O–H groups in total. The van der Waals surface area contributed by atoms with Crippen LogP contribution in [0.1, 0.15) is 76.3 Å². The minimum absolute atomic E-state index is 0.0349. The second kappa shape index (κ2) is 5.86. The Morgan fingerprint density at radius 3 is 1.57 bits per heavy atom. The predicted molar refractivity (Wildman–Crippen MR) is 103 cm³/mol. The fourth-order valence-corrected chi connectivity index (χ4v) is 4.71. The SMILES string of the molecule is Cc1sc([C@@](C)(O)C(C)(C)C(C)(C)N(C)C(C)(C)C)c(C)c1C. The second-order valence-electron chi connectivity index (χ2n) is 9.22. The molecule has 134 valence electrons. The van der Waals surface area contributed by atoms with Crippen LogP contribution in [0.2, 0.25) is 0 Å². The van der Waals surface area contributed by atoms with Crippen LogP contribution in [0.3, 0.4) is 0 Å². The standard InChI is InChI=1S/C20H37NOS/c1-13-14(2)16(23-15(13)3)20(11,22)18(7,8)19(9,10)21(12)17(4,5)6/h22H,1-12H3/t20-/m1/s1. The van der Waals surface area contributed by atoms with Crippen LogP contribution >= 0.6 is 11.3 Å². The highest BCUT2D eigenvalue weighted by atomic mass is 32.1. The van der Waals surface area contributed by atoms with E-state index in [4.69, 9.17) is 0 Å². The molecular weight excluding hydrogens is 302 g/mol. The Labute approximate surface area is 147 Å². The number of aliphatic hydroxyl groups is 1. The zero-order valence-corrected chi connectivity index (χ0v) is 18.1. The van der Waals surface area contributed by atoms with E-state index in [0.29, 0.717) is 0 Å². The summed E-state index contributed by atoms with van der Waals surface area (Å²) >= 11 is 1.74. The van der Waals surface area contributed by atoms with Gasteiger partial charge in [-0.1, -0.05) is 13.8 Å². The van der Waals surface area contributed by atoms with Crippen molar-refractivity contribution in [3.8, 4) is 0 Å². The van der Waals surface area contributed by atoms with Crippen LogP contribution in [0.15, 0.2) is 0 Å². The maximum Gasteiger partial charge on any atom is 0.103 e. The third kappa shape index (κ3) is 3.12. The van der Waals surface area contributed by atoms with Crippen molar-refractivity contribution >= 4 is 11.3 Å². The molecule has 0 unspecified atom stereocenters. The summed E-state index contributed by atoms with van der Waals surface area (Å²) in [5.74, 6) is 0. The summed E-state index contributed by atoms with van der Waals surface area (Å²) in [4.78, 5) is 4.79. The van der Waals surface area contributed by atoms with Gasteiger partial charge in [0.25, 0.3) is 0 Å². The molecule has 0 saturated heterocycles. The summed E-state index contributed by atoms with van der Waals surface area (Å²) in [6.45, 7) is 24.0. The average molecular weight is 340 g/mol. The first-order chi connectivity index (χ1) is 9.99. The Morgan fingerprint density at radius 1 is 0.826 bits per heavy atom. The molecule has 3 heteroatoms. The molecule has 1 aromatic rings. The van der Waals surface area contributed by atoms with Gasteiger partial charge in [-0.15, -0.1) is 11.3 Å². The minimum atomic E-state index is -0.899. The highest BCUT2D eigenvalue weighted by molar-refractivity contribution is 7.12. The Balaban J connectivity index is 3.47. The van der Waals surface area contributed by atoms with Crippen LogP contribution in [0.4, 0.5) is 0 Å². The van der Waals surface area contributed by atoms with E-state index in [2.05, 4.69) is 81.2 Å². The first-order valence-electron chi connectivity index (χ1n) is 8.53. The molecule has 0 aliphatic carbocycles. The number of thiophene rings is 1. The van der Waals surface area contributed by atoms with Gasteiger partial charge in [-0.2, -0.15) is 0 Å². The van der Waals surface area contributed by atoms with Gasteiger partial charge in [-0.05, 0) is 80.5 Å². The van der Waals surface area contributed by atoms with E-state index in [1.807, 2.05) is 6.92 Å². The van der Waals surface area contributed by atoms with E-state index < -0.39 is 5.60 Å².